The van der Waals surface area contributed by atoms with Gasteiger partial charge in [0.15, 0.2) is 0 Å². The maximum Gasteiger partial charge on any atom is 0.255 e. The summed E-state index contributed by atoms with van der Waals surface area (Å²) in [5.74, 6) is -0.804. The van der Waals surface area contributed by atoms with E-state index in [2.05, 4.69) is 15.5 Å². The third kappa shape index (κ3) is 4.05. The first-order valence-electron chi connectivity index (χ1n) is 10.2. The summed E-state index contributed by atoms with van der Waals surface area (Å²) in [7, 11) is 1.86. The molecule has 3 aliphatic heterocycles. The quantitative estimate of drug-likeness (QED) is 0.601. The summed E-state index contributed by atoms with van der Waals surface area (Å²) in [6, 6.07) is 5.29. The first-order valence-corrected chi connectivity index (χ1v) is 10.2. The number of benzene rings is 1. The van der Waals surface area contributed by atoms with Gasteiger partial charge in [0.2, 0.25) is 11.8 Å². The Balaban J connectivity index is 1.40. The van der Waals surface area contributed by atoms with Crippen LogP contribution in [0, 0.1) is 0 Å². The smallest absolute Gasteiger partial charge is 0.255 e. The zero-order chi connectivity index (χ0) is 20.6. The van der Waals surface area contributed by atoms with Gasteiger partial charge in [-0.15, -0.1) is 0 Å². The van der Waals surface area contributed by atoms with E-state index in [4.69, 9.17) is 0 Å². The molecule has 0 spiro atoms. The number of fused-ring (bicyclic) bond motifs is 1. The molecule has 1 aromatic rings. The average Bonchev–Trinajstić information content (AvgIpc) is 3.00. The summed E-state index contributed by atoms with van der Waals surface area (Å²) in [5.41, 5.74) is 2.07. The fraction of sp³-hybridized carbons (Fsp3) is 0.571. The number of likely N-dealkylation sites (tertiary alicyclic amines) is 1. The second-order valence-electron chi connectivity index (χ2n) is 8.42. The van der Waals surface area contributed by atoms with Crippen molar-refractivity contribution in [1.29, 1.82) is 0 Å². The molecule has 3 heterocycles. The van der Waals surface area contributed by atoms with Crippen molar-refractivity contribution < 1.29 is 19.5 Å². The lowest BCUT2D eigenvalue weighted by Gasteiger charge is -2.38. The molecule has 0 aliphatic carbocycles. The molecular weight excluding hydrogens is 372 g/mol. The number of carbonyl (C=O) groups is 3. The molecule has 156 valence electrons. The highest BCUT2D eigenvalue weighted by Crippen LogP contribution is 2.29. The highest BCUT2D eigenvalue weighted by Gasteiger charge is 2.39. The Morgan fingerprint density at radius 3 is 2.69 bits per heavy atom. The predicted molar refractivity (Wildman–Crippen MR) is 106 cm³/mol. The van der Waals surface area contributed by atoms with Crippen LogP contribution >= 0.6 is 0 Å². The van der Waals surface area contributed by atoms with Crippen LogP contribution in [0.3, 0.4) is 0 Å². The molecule has 8 heteroatoms. The Morgan fingerprint density at radius 1 is 1.24 bits per heavy atom. The van der Waals surface area contributed by atoms with Gasteiger partial charge >= 0.3 is 0 Å². The van der Waals surface area contributed by atoms with Gasteiger partial charge < -0.3 is 15.3 Å². The van der Waals surface area contributed by atoms with E-state index in [9.17, 15) is 19.5 Å². The summed E-state index contributed by atoms with van der Waals surface area (Å²) in [6.07, 6.45) is 2.11. The Bertz CT molecular complexity index is 832. The van der Waals surface area contributed by atoms with E-state index >= 15 is 0 Å². The lowest BCUT2D eigenvalue weighted by molar-refractivity contribution is -0.136. The number of likely N-dealkylation sites (N-methyl/N-ethyl adjacent to an activating group) is 1. The highest BCUT2D eigenvalue weighted by molar-refractivity contribution is 6.05. The Kier molecular flexibility index (Phi) is 5.42. The van der Waals surface area contributed by atoms with E-state index in [1.54, 1.807) is 4.90 Å². The maximum atomic E-state index is 12.8. The summed E-state index contributed by atoms with van der Waals surface area (Å²) in [6.45, 7) is 3.44. The molecule has 0 radical (unpaired) electrons. The number of hydrogen-bond donors (Lipinski definition) is 3. The molecule has 2 saturated heterocycles. The number of piperidine rings is 2. The summed E-state index contributed by atoms with van der Waals surface area (Å²) in [4.78, 5) is 40.2. The van der Waals surface area contributed by atoms with Gasteiger partial charge in [0.25, 0.3) is 5.91 Å². The van der Waals surface area contributed by atoms with Crippen molar-refractivity contribution in [2.45, 2.75) is 50.4 Å². The molecule has 0 saturated carbocycles. The minimum Gasteiger partial charge on any atom is -0.388 e. The first kappa shape index (κ1) is 20.0. The summed E-state index contributed by atoms with van der Waals surface area (Å²) >= 11 is 0. The molecule has 0 bridgehead atoms. The average molecular weight is 400 g/mol. The first-order chi connectivity index (χ1) is 13.9. The van der Waals surface area contributed by atoms with Gasteiger partial charge in [-0.25, -0.2) is 0 Å². The van der Waals surface area contributed by atoms with Crippen LogP contribution in [-0.4, -0.2) is 71.0 Å². The SMILES string of the molecule is CNCC1(O)CCN(Cc2ccc3c(c2)CN(C2CCC(=O)NC2=O)C3=O)CC1. The van der Waals surface area contributed by atoms with E-state index in [-0.39, 0.29) is 24.1 Å². The molecule has 3 amide bonds. The van der Waals surface area contributed by atoms with Crippen molar-refractivity contribution >= 4 is 17.7 Å². The van der Waals surface area contributed by atoms with Crippen LogP contribution in [0.25, 0.3) is 0 Å². The third-order valence-corrected chi connectivity index (χ3v) is 6.29. The van der Waals surface area contributed by atoms with Gasteiger partial charge in [-0.3, -0.25) is 24.6 Å². The van der Waals surface area contributed by atoms with Gasteiger partial charge in [0.05, 0.1) is 5.60 Å². The van der Waals surface area contributed by atoms with E-state index in [0.717, 1.165) is 43.6 Å². The third-order valence-electron chi connectivity index (χ3n) is 6.29. The minimum atomic E-state index is -0.627. The normalized spacial score (nSPS) is 24.6. The number of imide groups is 1. The van der Waals surface area contributed by atoms with Gasteiger partial charge in [-0.2, -0.15) is 0 Å². The maximum absolute atomic E-state index is 12.8. The van der Waals surface area contributed by atoms with Crippen molar-refractivity contribution in [3.05, 3.63) is 34.9 Å². The summed E-state index contributed by atoms with van der Waals surface area (Å²) in [5, 5.41) is 15.9. The molecule has 29 heavy (non-hydrogen) atoms. The Hall–Kier alpha value is -2.29. The highest BCUT2D eigenvalue weighted by atomic mass is 16.3. The van der Waals surface area contributed by atoms with Crippen LogP contribution in [0.4, 0.5) is 0 Å². The van der Waals surface area contributed by atoms with Gasteiger partial charge in [-0.05, 0) is 43.5 Å². The standard InChI is InChI=1S/C21H28N4O4/c1-22-13-21(29)6-8-24(9-7-21)11-14-2-3-16-15(10-14)12-25(20(16)28)17-4-5-18(26)23-19(17)27/h2-3,10,17,22,29H,4-9,11-13H2,1H3,(H,23,26,27). The molecule has 4 rings (SSSR count). The molecule has 0 aromatic heterocycles. The monoisotopic (exact) mass is 400 g/mol. The van der Waals surface area contributed by atoms with E-state index in [1.807, 2.05) is 25.2 Å². The van der Waals surface area contributed by atoms with Crippen LogP contribution in [-0.2, 0) is 22.7 Å². The van der Waals surface area contributed by atoms with E-state index < -0.39 is 11.6 Å². The number of rotatable bonds is 5. The van der Waals surface area contributed by atoms with Crippen molar-refractivity contribution in [1.82, 2.24) is 20.4 Å². The lowest BCUT2D eigenvalue weighted by atomic mass is 9.91. The number of hydrogen-bond acceptors (Lipinski definition) is 6. The molecular formula is C21H28N4O4. The number of nitrogens with zero attached hydrogens (tertiary/aromatic N) is 2. The van der Waals surface area contributed by atoms with Gasteiger partial charge in [-0.1, -0.05) is 12.1 Å². The number of amides is 3. The molecule has 3 N–H and O–H groups in total. The number of aliphatic hydroxyl groups is 1. The molecule has 1 unspecified atom stereocenters. The second kappa shape index (κ2) is 7.85. The van der Waals surface area contributed by atoms with Crippen LogP contribution in [0.1, 0.15) is 47.2 Å². The second-order valence-corrected chi connectivity index (χ2v) is 8.42. The van der Waals surface area contributed by atoms with Crippen LogP contribution in [0.5, 0.6) is 0 Å². The van der Waals surface area contributed by atoms with Crippen molar-refractivity contribution in [2.75, 3.05) is 26.7 Å². The topological polar surface area (TPSA) is 102 Å². The van der Waals surface area contributed by atoms with Gasteiger partial charge in [0.1, 0.15) is 6.04 Å². The van der Waals surface area contributed by atoms with Crippen molar-refractivity contribution in [3.8, 4) is 0 Å². The van der Waals surface area contributed by atoms with Gasteiger partial charge in [0, 0.05) is 44.7 Å². The Labute approximate surface area is 170 Å². The van der Waals surface area contributed by atoms with Crippen LogP contribution in [0.2, 0.25) is 0 Å². The Morgan fingerprint density at radius 2 is 2.00 bits per heavy atom. The zero-order valence-electron chi connectivity index (χ0n) is 16.7. The number of carbonyl (C=O) groups excluding carboxylic acids is 3. The number of nitrogens with one attached hydrogen (secondary N) is 2. The summed E-state index contributed by atoms with van der Waals surface area (Å²) < 4.78 is 0. The van der Waals surface area contributed by atoms with E-state index in [0.29, 0.717) is 25.1 Å². The largest absolute Gasteiger partial charge is 0.388 e. The molecule has 2 fully saturated rings. The van der Waals surface area contributed by atoms with Crippen LogP contribution in [0.15, 0.2) is 18.2 Å². The predicted octanol–water partition coefficient (Wildman–Crippen LogP) is -0.00610. The molecule has 8 nitrogen and oxygen atoms in total. The van der Waals surface area contributed by atoms with E-state index in [1.165, 1.54) is 0 Å². The lowest BCUT2D eigenvalue weighted by Crippen LogP contribution is -2.52. The fourth-order valence-electron chi connectivity index (χ4n) is 4.62. The minimum absolute atomic E-state index is 0.142. The fourth-order valence-corrected chi connectivity index (χ4v) is 4.62. The molecule has 3 aliphatic rings. The molecule has 1 aromatic carbocycles. The molecule has 1 atom stereocenters. The zero-order valence-corrected chi connectivity index (χ0v) is 16.7. The van der Waals surface area contributed by atoms with Crippen LogP contribution < -0.4 is 10.6 Å². The van der Waals surface area contributed by atoms with Crippen molar-refractivity contribution in [3.63, 3.8) is 0 Å². The van der Waals surface area contributed by atoms with Crippen molar-refractivity contribution in [2.24, 2.45) is 0 Å².